The second-order valence-electron chi connectivity index (χ2n) is 8.16. The first kappa shape index (κ1) is 23.4. The largest absolute Gasteiger partial charge is 0.466 e. The number of esters is 1. The van der Waals surface area contributed by atoms with Gasteiger partial charge in [0.25, 0.3) is 0 Å². The van der Waals surface area contributed by atoms with Crippen molar-refractivity contribution in [1.29, 1.82) is 0 Å². The number of hydrogen-bond acceptors (Lipinski definition) is 5. The first-order chi connectivity index (χ1) is 15.9. The van der Waals surface area contributed by atoms with Crippen LogP contribution in [0, 0.1) is 6.92 Å². The number of ether oxygens (including phenoxy) is 1. The summed E-state index contributed by atoms with van der Waals surface area (Å²) in [6, 6.07) is 12.0. The number of amides is 2. The maximum Gasteiger partial charge on any atom is 0.338 e. The number of urea groups is 1. The Morgan fingerprint density at radius 1 is 1.09 bits per heavy atom. The highest BCUT2D eigenvalue weighted by Gasteiger charge is 2.34. The number of hydrogen-bond donors (Lipinski definition) is 2. The third-order valence-corrected chi connectivity index (χ3v) is 6.48. The summed E-state index contributed by atoms with van der Waals surface area (Å²) < 4.78 is 5.07. The van der Waals surface area contributed by atoms with E-state index in [9.17, 15) is 9.59 Å². The molecule has 2 aromatic rings. The number of rotatable bonds is 5. The topological polar surface area (TPSA) is 73.9 Å². The number of anilines is 1. The van der Waals surface area contributed by atoms with E-state index < -0.39 is 12.0 Å². The van der Waals surface area contributed by atoms with Gasteiger partial charge in [-0.3, -0.25) is 4.90 Å². The monoisotopic (exact) mass is 488 g/mol. The third-order valence-electron chi connectivity index (χ3n) is 6.01. The Hall–Kier alpha value is -2.74. The number of aryl methyl sites for hydroxylation is 1. The molecule has 2 amide bonds. The van der Waals surface area contributed by atoms with Crippen molar-refractivity contribution in [3.63, 3.8) is 0 Å². The molecule has 0 unspecified atom stereocenters. The molecule has 1 atom stereocenters. The minimum absolute atomic E-state index is 0.365. The highest BCUT2D eigenvalue weighted by Crippen LogP contribution is 2.30. The van der Waals surface area contributed by atoms with Gasteiger partial charge in [0.1, 0.15) is 0 Å². The average molecular weight is 489 g/mol. The molecule has 2 aliphatic heterocycles. The van der Waals surface area contributed by atoms with Crippen LogP contribution in [0.3, 0.4) is 0 Å². The van der Waals surface area contributed by atoms with Gasteiger partial charge in [-0.1, -0.05) is 41.4 Å². The van der Waals surface area contributed by atoms with Crippen LogP contribution in [0.25, 0.3) is 0 Å². The second kappa shape index (κ2) is 10.0. The lowest BCUT2D eigenvalue weighted by molar-refractivity contribution is -0.136. The molecule has 4 rings (SSSR count). The Kier molecular flexibility index (Phi) is 7.12. The van der Waals surface area contributed by atoms with Crippen LogP contribution < -0.4 is 15.5 Å². The Morgan fingerprint density at radius 3 is 2.52 bits per heavy atom. The first-order valence-corrected chi connectivity index (χ1v) is 11.5. The Bertz CT molecular complexity index is 1100. The number of nitrogens with zero attached hydrogens (tertiary/aromatic N) is 2. The Balaban J connectivity index is 1.55. The van der Waals surface area contributed by atoms with Crippen LogP contribution in [0.5, 0.6) is 0 Å². The molecule has 33 heavy (non-hydrogen) atoms. The van der Waals surface area contributed by atoms with Gasteiger partial charge in [-0.05, 0) is 42.3 Å². The fourth-order valence-electron chi connectivity index (χ4n) is 4.32. The molecule has 1 saturated heterocycles. The van der Waals surface area contributed by atoms with Crippen molar-refractivity contribution in [2.24, 2.45) is 0 Å². The lowest BCUT2D eigenvalue weighted by Crippen LogP contribution is -2.51. The SMILES string of the molecule is COC(=O)C1=C(CN2CCN(c3cc(Cl)ccc3C)CC2)NC(=O)N[C@@H]1c1cccc(Cl)c1. The van der Waals surface area contributed by atoms with Crippen LogP contribution in [0.2, 0.25) is 10.0 Å². The van der Waals surface area contributed by atoms with Crippen molar-refractivity contribution < 1.29 is 14.3 Å². The van der Waals surface area contributed by atoms with Gasteiger partial charge in [0.2, 0.25) is 0 Å². The first-order valence-electron chi connectivity index (χ1n) is 10.7. The van der Waals surface area contributed by atoms with E-state index in [4.69, 9.17) is 27.9 Å². The number of carbonyl (C=O) groups is 2. The molecule has 0 aliphatic carbocycles. The van der Waals surface area contributed by atoms with E-state index in [0.29, 0.717) is 22.8 Å². The highest BCUT2D eigenvalue weighted by molar-refractivity contribution is 6.31. The zero-order valence-electron chi connectivity index (χ0n) is 18.5. The summed E-state index contributed by atoms with van der Waals surface area (Å²) in [4.78, 5) is 29.7. The van der Waals surface area contributed by atoms with Gasteiger partial charge in [-0.15, -0.1) is 0 Å². The average Bonchev–Trinajstić information content (AvgIpc) is 2.80. The third kappa shape index (κ3) is 5.27. The minimum atomic E-state index is -0.643. The number of halogens is 2. The summed E-state index contributed by atoms with van der Waals surface area (Å²) in [5.41, 5.74) is 3.96. The maximum atomic E-state index is 12.8. The normalized spacial score (nSPS) is 19.2. The van der Waals surface area contributed by atoms with Gasteiger partial charge in [0.05, 0.1) is 18.7 Å². The lowest BCUT2D eigenvalue weighted by atomic mass is 9.95. The van der Waals surface area contributed by atoms with E-state index in [2.05, 4.69) is 27.4 Å². The zero-order valence-corrected chi connectivity index (χ0v) is 20.0. The molecule has 2 N–H and O–H groups in total. The molecular weight excluding hydrogens is 463 g/mol. The quantitative estimate of drug-likeness (QED) is 0.624. The Labute approximate surface area is 203 Å². The number of methoxy groups -OCH3 is 1. The van der Waals surface area contributed by atoms with Crippen LogP contribution in [0.1, 0.15) is 17.2 Å². The molecule has 9 heteroatoms. The standard InChI is InChI=1S/C24H26Cl2N4O3/c1-15-6-7-18(26)13-20(15)30-10-8-29(9-11-30)14-19-21(23(31)33-2)22(28-24(32)27-19)16-4-3-5-17(25)12-16/h3-7,12-13,22H,8-11,14H2,1-2H3,(H2,27,28,32)/t22-/m1/s1. The van der Waals surface area contributed by atoms with Crippen molar-refractivity contribution in [1.82, 2.24) is 15.5 Å². The van der Waals surface area contributed by atoms with E-state index >= 15 is 0 Å². The lowest BCUT2D eigenvalue weighted by Gasteiger charge is -2.38. The molecule has 174 valence electrons. The van der Waals surface area contributed by atoms with E-state index in [1.54, 1.807) is 18.2 Å². The molecular formula is C24H26Cl2N4O3. The molecule has 0 spiro atoms. The molecule has 0 aromatic heterocycles. The van der Waals surface area contributed by atoms with Gasteiger partial charge < -0.3 is 20.3 Å². The highest BCUT2D eigenvalue weighted by atomic mass is 35.5. The van der Waals surface area contributed by atoms with Crippen molar-refractivity contribution in [2.45, 2.75) is 13.0 Å². The van der Waals surface area contributed by atoms with Crippen LogP contribution in [0.15, 0.2) is 53.7 Å². The molecule has 2 aliphatic rings. The number of carbonyl (C=O) groups excluding carboxylic acids is 2. The van der Waals surface area contributed by atoms with Crippen LogP contribution in [0.4, 0.5) is 10.5 Å². The summed E-state index contributed by atoms with van der Waals surface area (Å²) in [6.07, 6.45) is 0. The minimum Gasteiger partial charge on any atom is -0.466 e. The molecule has 2 heterocycles. The summed E-state index contributed by atoms with van der Waals surface area (Å²) >= 11 is 12.4. The van der Waals surface area contributed by atoms with Crippen molar-refractivity contribution in [3.8, 4) is 0 Å². The van der Waals surface area contributed by atoms with Gasteiger partial charge in [-0.25, -0.2) is 9.59 Å². The summed E-state index contributed by atoms with van der Waals surface area (Å²) in [5, 5.41) is 6.90. The summed E-state index contributed by atoms with van der Waals surface area (Å²) in [6.45, 7) is 5.67. The number of nitrogens with one attached hydrogen (secondary N) is 2. The predicted molar refractivity (Wildman–Crippen MR) is 130 cm³/mol. The van der Waals surface area contributed by atoms with Crippen molar-refractivity contribution in [3.05, 3.63) is 74.9 Å². The molecule has 7 nitrogen and oxygen atoms in total. The van der Waals surface area contributed by atoms with Crippen LogP contribution in [-0.2, 0) is 9.53 Å². The predicted octanol–water partition coefficient (Wildman–Crippen LogP) is 3.91. The molecule has 0 bridgehead atoms. The van der Waals surface area contributed by atoms with E-state index in [1.807, 2.05) is 24.3 Å². The number of piperazine rings is 1. The smallest absolute Gasteiger partial charge is 0.338 e. The van der Waals surface area contributed by atoms with E-state index in [1.165, 1.54) is 12.7 Å². The van der Waals surface area contributed by atoms with Gasteiger partial charge >= 0.3 is 12.0 Å². The second-order valence-corrected chi connectivity index (χ2v) is 9.04. The van der Waals surface area contributed by atoms with Crippen molar-refractivity contribution >= 4 is 40.9 Å². The molecule has 2 aromatic carbocycles. The van der Waals surface area contributed by atoms with Gasteiger partial charge in [0, 0.05) is 54.2 Å². The molecule has 1 fully saturated rings. The van der Waals surface area contributed by atoms with Crippen molar-refractivity contribution in [2.75, 3.05) is 44.7 Å². The Morgan fingerprint density at radius 2 is 1.82 bits per heavy atom. The van der Waals surface area contributed by atoms with Gasteiger partial charge in [0.15, 0.2) is 0 Å². The summed E-state index contributed by atoms with van der Waals surface area (Å²) in [7, 11) is 1.34. The van der Waals surface area contributed by atoms with Crippen LogP contribution in [-0.4, -0.2) is 56.7 Å². The van der Waals surface area contributed by atoms with Gasteiger partial charge in [-0.2, -0.15) is 0 Å². The molecule has 0 saturated carbocycles. The molecule has 0 radical (unpaired) electrons. The zero-order chi connectivity index (χ0) is 23.5. The fraction of sp³-hybridized carbons (Fsp3) is 0.333. The fourth-order valence-corrected chi connectivity index (χ4v) is 4.69. The van der Waals surface area contributed by atoms with E-state index in [0.717, 1.165) is 42.5 Å². The summed E-state index contributed by atoms with van der Waals surface area (Å²) in [5.74, 6) is -0.490. The number of benzene rings is 2. The maximum absolute atomic E-state index is 12.8. The van der Waals surface area contributed by atoms with E-state index in [-0.39, 0.29) is 6.03 Å². The van der Waals surface area contributed by atoms with Crippen LogP contribution >= 0.6 is 23.2 Å².